The molecule has 1 unspecified atom stereocenters. The zero-order valence-corrected chi connectivity index (χ0v) is 11.5. The molecule has 0 aliphatic heterocycles. The Labute approximate surface area is 117 Å². The molecule has 0 aromatic heterocycles. The molecular weight excluding hydrogens is 262 g/mol. The molecule has 0 radical (unpaired) electrons. The minimum Gasteiger partial charge on any atom is -0.394 e. The molecule has 0 spiro atoms. The van der Waals surface area contributed by atoms with Crippen LogP contribution in [0.5, 0.6) is 0 Å². The van der Waals surface area contributed by atoms with Crippen molar-refractivity contribution in [3.8, 4) is 0 Å². The first kappa shape index (κ1) is 15.9. The van der Waals surface area contributed by atoms with Crippen LogP contribution in [0.4, 0.5) is 16.2 Å². The topological polar surface area (TPSA) is 104 Å². The monoisotopic (exact) mass is 281 g/mol. The Hall–Kier alpha value is -2.15. The number of nitro benzene ring substituents is 1. The molecule has 1 aromatic carbocycles. The highest BCUT2D eigenvalue weighted by molar-refractivity contribution is 5.89. The number of urea groups is 1. The SMILES string of the molecule is CCc1ccc(NC(=O)NC(CC)CO)cc1[N+](=O)[O-]. The third kappa shape index (κ3) is 4.20. The van der Waals surface area contributed by atoms with Crippen molar-refractivity contribution in [3.05, 3.63) is 33.9 Å². The highest BCUT2D eigenvalue weighted by atomic mass is 16.6. The number of aliphatic hydroxyl groups is 1. The predicted molar refractivity (Wildman–Crippen MR) is 75.8 cm³/mol. The fraction of sp³-hybridized carbons (Fsp3) is 0.462. The van der Waals surface area contributed by atoms with Crippen LogP contribution in [-0.4, -0.2) is 28.7 Å². The van der Waals surface area contributed by atoms with Crippen molar-refractivity contribution in [2.45, 2.75) is 32.7 Å². The van der Waals surface area contributed by atoms with Crippen LogP contribution in [0.2, 0.25) is 0 Å². The number of aliphatic hydroxyl groups excluding tert-OH is 1. The van der Waals surface area contributed by atoms with E-state index in [1.165, 1.54) is 6.07 Å². The summed E-state index contributed by atoms with van der Waals surface area (Å²) < 4.78 is 0. The molecule has 0 saturated carbocycles. The van der Waals surface area contributed by atoms with E-state index in [4.69, 9.17) is 5.11 Å². The molecule has 7 heteroatoms. The average molecular weight is 281 g/mol. The molecule has 1 aromatic rings. The van der Waals surface area contributed by atoms with E-state index in [1.54, 1.807) is 12.1 Å². The molecule has 2 amide bonds. The summed E-state index contributed by atoms with van der Waals surface area (Å²) in [6, 6.07) is 3.74. The van der Waals surface area contributed by atoms with Crippen LogP contribution >= 0.6 is 0 Å². The first-order valence-electron chi connectivity index (χ1n) is 6.47. The van der Waals surface area contributed by atoms with Gasteiger partial charge in [-0.15, -0.1) is 0 Å². The number of carbonyl (C=O) groups is 1. The zero-order valence-electron chi connectivity index (χ0n) is 11.5. The van der Waals surface area contributed by atoms with Gasteiger partial charge in [0.15, 0.2) is 0 Å². The van der Waals surface area contributed by atoms with Crippen molar-refractivity contribution in [2.24, 2.45) is 0 Å². The summed E-state index contributed by atoms with van der Waals surface area (Å²) in [5, 5.41) is 25.0. The standard InChI is InChI=1S/C13H19N3O4/c1-3-9-5-6-11(7-12(9)16(19)20)15-13(18)14-10(4-2)8-17/h5-7,10,17H,3-4,8H2,1-2H3,(H2,14,15,18). The Morgan fingerprint density at radius 3 is 2.65 bits per heavy atom. The van der Waals surface area contributed by atoms with E-state index in [9.17, 15) is 14.9 Å². The number of carbonyl (C=O) groups excluding carboxylic acids is 1. The molecule has 3 N–H and O–H groups in total. The van der Waals surface area contributed by atoms with Crippen LogP contribution in [0.15, 0.2) is 18.2 Å². The first-order valence-corrected chi connectivity index (χ1v) is 6.47. The van der Waals surface area contributed by atoms with Gasteiger partial charge in [-0.2, -0.15) is 0 Å². The van der Waals surface area contributed by atoms with Crippen molar-refractivity contribution >= 4 is 17.4 Å². The molecule has 0 aliphatic carbocycles. The fourth-order valence-electron chi connectivity index (χ4n) is 1.74. The fourth-order valence-corrected chi connectivity index (χ4v) is 1.74. The molecule has 0 bridgehead atoms. The van der Waals surface area contributed by atoms with Crippen molar-refractivity contribution in [3.63, 3.8) is 0 Å². The number of amides is 2. The van der Waals surface area contributed by atoms with Crippen molar-refractivity contribution in [1.29, 1.82) is 0 Å². The molecule has 0 saturated heterocycles. The maximum Gasteiger partial charge on any atom is 0.319 e. The molecule has 0 fully saturated rings. The second-order valence-corrected chi connectivity index (χ2v) is 4.34. The summed E-state index contributed by atoms with van der Waals surface area (Å²) in [7, 11) is 0. The van der Waals surface area contributed by atoms with Gasteiger partial charge in [-0.05, 0) is 18.9 Å². The lowest BCUT2D eigenvalue weighted by atomic mass is 10.1. The van der Waals surface area contributed by atoms with E-state index in [0.717, 1.165) is 0 Å². The summed E-state index contributed by atoms with van der Waals surface area (Å²) in [5.74, 6) is 0. The lowest BCUT2D eigenvalue weighted by Gasteiger charge is -2.14. The van der Waals surface area contributed by atoms with Gasteiger partial charge in [0.05, 0.1) is 17.6 Å². The Balaban J connectivity index is 2.80. The third-order valence-electron chi connectivity index (χ3n) is 2.97. The number of hydrogen-bond donors (Lipinski definition) is 3. The van der Waals surface area contributed by atoms with Crippen molar-refractivity contribution < 1.29 is 14.8 Å². The largest absolute Gasteiger partial charge is 0.394 e. The molecule has 1 rings (SSSR count). The van der Waals surface area contributed by atoms with E-state index in [2.05, 4.69) is 10.6 Å². The Morgan fingerprint density at radius 2 is 2.15 bits per heavy atom. The number of benzene rings is 1. The lowest BCUT2D eigenvalue weighted by Crippen LogP contribution is -2.39. The number of rotatable bonds is 6. The highest BCUT2D eigenvalue weighted by Crippen LogP contribution is 2.23. The van der Waals surface area contributed by atoms with E-state index in [-0.39, 0.29) is 18.3 Å². The number of anilines is 1. The van der Waals surface area contributed by atoms with Crippen LogP contribution in [0.1, 0.15) is 25.8 Å². The third-order valence-corrected chi connectivity index (χ3v) is 2.97. The summed E-state index contributed by atoms with van der Waals surface area (Å²) >= 11 is 0. The van der Waals surface area contributed by atoms with Gasteiger partial charge in [-0.1, -0.05) is 19.9 Å². The number of hydrogen-bond acceptors (Lipinski definition) is 4. The molecule has 20 heavy (non-hydrogen) atoms. The number of nitrogens with one attached hydrogen (secondary N) is 2. The minimum atomic E-state index is -0.496. The first-order chi connectivity index (χ1) is 9.51. The summed E-state index contributed by atoms with van der Waals surface area (Å²) in [6.45, 7) is 3.51. The van der Waals surface area contributed by atoms with Crippen LogP contribution in [0, 0.1) is 10.1 Å². The second kappa shape index (κ2) is 7.44. The molecule has 1 atom stereocenters. The van der Waals surface area contributed by atoms with Crippen LogP contribution < -0.4 is 10.6 Å². The van der Waals surface area contributed by atoms with Crippen LogP contribution in [-0.2, 0) is 6.42 Å². The maximum absolute atomic E-state index is 11.7. The second-order valence-electron chi connectivity index (χ2n) is 4.34. The van der Waals surface area contributed by atoms with Gasteiger partial charge in [0.25, 0.3) is 5.69 Å². The number of nitrogens with zero attached hydrogens (tertiary/aromatic N) is 1. The van der Waals surface area contributed by atoms with E-state index >= 15 is 0 Å². The molecule has 0 aliphatic rings. The van der Waals surface area contributed by atoms with E-state index < -0.39 is 11.0 Å². The van der Waals surface area contributed by atoms with Gasteiger partial charge >= 0.3 is 6.03 Å². The maximum atomic E-state index is 11.7. The summed E-state index contributed by atoms with van der Waals surface area (Å²) in [4.78, 5) is 22.1. The normalized spacial score (nSPS) is 11.8. The van der Waals surface area contributed by atoms with Gasteiger partial charge < -0.3 is 15.7 Å². The van der Waals surface area contributed by atoms with Gasteiger partial charge in [0.2, 0.25) is 0 Å². The Morgan fingerprint density at radius 1 is 1.45 bits per heavy atom. The molecule has 110 valence electrons. The van der Waals surface area contributed by atoms with Crippen LogP contribution in [0.25, 0.3) is 0 Å². The quantitative estimate of drug-likeness (QED) is 0.548. The van der Waals surface area contributed by atoms with E-state index in [1.807, 2.05) is 13.8 Å². The van der Waals surface area contributed by atoms with Crippen molar-refractivity contribution in [1.82, 2.24) is 5.32 Å². The summed E-state index contributed by atoms with van der Waals surface area (Å²) in [6.07, 6.45) is 1.14. The number of aryl methyl sites for hydroxylation is 1. The van der Waals surface area contributed by atoms with Crippen molar-refractivity contribution in [2.75, 3.05) is 11.9 Å². The Bertz CT molecular complexity index is 487. The smallest absolute Gasteiger partial charge is 0.319 e. The lowest BCUT2D eigenvalue weighted by molar-refractivity contribution is -0.385. The van der Waals surface area contributed by atoms with Gasteiger partial charge in [-0.3, -0.25) is 10.1 Å². The highest BCUT2D eigenvalue weighted by Gasteiger charge is 2.15. The molecule has 0 heterocycles. The van der Waals surface area contributed by atoms with E-state index in [0.29, 0.717) is 24.1 Å². The zero-order chi connectivity index (χ0) is 15.1. The minimum absolute atomic E-state index is 0.0144. The number of nitro groups is 1. The van der Waals surface area contributed by atoms with Crippen LogP contribution in [0.3, 0.4) is 0 Å². The molecule has 7 nitrogen and oxygen atoms in total. The van der Waals surface area contributed by atoms with Gasteiger partial charge in [0.1, 0.15) is 0 Å². The van der Waals surface area contributed by atoms with Gasteiger partial charge in [-0.25, -0.2) is 4.79 Å². The predicted octanol–water partition coefficient (Wildman–Crippen LogP) is 2.05. The van der Waals surface area contributed by atoms with Gasteiger partial charge in [0, 0.05) is 17.3 Å². The summed E-state index contributed by atoms with van der Waals surface area (Å²) in [5.41, 5.74) is 0.946. The molecular formula is C13H19N3O4. The Kier molecular flexibility index (Phi) is 5.92. The average Bonchev–Trinajstić information content (AvgIpc) is 2.44.